The van der Waals surface area contributed by atoms with Gasteiger partial charge in [0.2, 0.25) is 5.91 Å². The van der Waals surface area contributed by atoms with Gasteiger partial charge in [-0.1, -0.05) is 0 Å². The lowest BCUT2D eigenvalue weighted by Gasteiger charge is -2.23. The monoisotopic (exact) mass is 562 g/mol. The van der Waals surface area contributed by atoms with Crippen LogP contribution in [0.15, 0.2) is 36.9 Å². The first-order valence-corrected chi connectivity index (χ1v) is 12.3. The molecule has 0 radical (unpaired) electrons. The Morgan fingerprint density at radius 1 is 1.12 bits per heavy atom. The molecule has 2 aliphatic rings. The van der Waals surface area contributed by atoms with Crippen molar-refractivity contribution in [3.05, 3.63) is 59.7 Å². The van der Waals surface area contributed by atoms with Crippen molar-refractivity contribution >= 4 is 23.2 Å². The van der Waals surface area contributed by atoms with E-state index in [9.17, 15) is 31.1 Å². The van der Waals surface area contributed by atoms with Gasteiger partial charge in [0.15, 0.2) is 11.5 Å². The first-order valence-electron chi connectivity index (χ1n) is 12.3. The van der Waals surface area contributed by atoms with E-state index in [-0.39, 0.29) is 40.4 Å². The van der Waals surface area contributed by atoms with Crippen LogP contribution in [0, 0.1) is 5.82 Å². The highest BCUT2D eigenvalue weighted by atomic mass is 19.4. The molecule has 1 atom stereocenters. The van der Waals surface area contributed by atoms with Gasteiger partial charge in [0.05, 0.1) is 23.1 Å². The van der Waals surface area contributed by atoms with Crippen LogP contribution < -0.4 is 10.6 Å². The maximum absolute atomic E-state index is 13.7. The summed E-state index contributed by atoms with van der Waals surface area (Å²) in [5.41, 5.74) is -0.624. The Bertz CT molecular complexity index is 1630. The zero-order valence-electron chi connectivity index (χ0n) is 20.7. The number of aromatic nitrogens is 6. The molecule has 6 rings (SSSR count). The van der Waals surface area contributed by atoms with Crippen molar-refractivity contribution in [3.63, 3.8) is 0 Å². The first-order chi connectivity index (χ1) is 18.9. The Kier molecular flexibility index (Phi) is 5.75. The molecular formula is C25H20F6N8O. The number of alkyl halides is 5. The van der Waals surface area contributed by atoms with Crippen LogP contribution in [0.3, 0.4) is 0 Å². The van der Waals surface area contributed by atoms with E-state index < -0.39 is 42.1 Å². The van der Waals surface area contributed by atoms with Crippen molar-refractivity contribution in [2.45, 2.75) is 56.2 Å². The zero-order chi connectivity index (χ0) is 28.4. The molecule has 40 heavy (non-hydrogen) atoms. The third kappa shape index (κ3) is 4.29. The second kappa shape index (κ2) is 8.86. The number of hydrogen-bond acceptors (Lipinski definition) is 7. The quantitative estimate of drug-likeness (QED) is 0.315. The van der Waals surface area contributed by atoms with Gasteiger partial charge < -0.3 is 15.0 Å². The van der Waals surface area contributed by atoms with E-state index in [1.807, 2.05) is 0 Å². The predicted molar refractivity (Wildman–Crippen MR) is 129 cm³/mol. The smallest absolute Gasteiger partial charge is 0.367 e. The molecule has 2 N–H and O–H groups in total. The van der Waals surface area contributed by atoms with E-state index in [1.54, 1.807) is 6.92 Å². The van der Waals surface area contributed by atoms with Gasteiger partial charge in [-0.25, -0.2) is 24.3 Å². The van der Waals surface area contributed by atoms with Crippen molar-refractivity contribution < 1.29 is 31.1 Å². The zero-order valence-corrected chi connectivity index (χ0v) is 20.7. The second-order valence-electron chi connectivity index (χ2n) is 9.91. The number of aryl methyl sites for hydroxylation is 1. The molecule has 0 aromatic carbocycles. The van der Waals surface area contributed by atoms with E-state index in [2.05, 4.69) is 35.6 Å². The van der Waals surface area contributed by atoms with Crippen molar-refractivity contribution in [2.24, 2.45) is 0 Å². The Morgan fingerprint density at radius 3 is 2.58 bits per heavy atom. The minimum atomic E-state index is -5.70. The molecule has 5 heterocycles. The number of amides is 1. The van der Waals surface area contributed by atoms with E-state index in [4.69, 9.17) is 0 Å². The lowest BCUT2D eigenvalue weighted by Crippen LogP contribution is -2.36. The van der Waals surface area contributed by atoms with Crippen molar-refractivity contribution in [3.8, 4) is 11.5 Å². The van der Waals surface area contributed by atoms with Gasteiger partial charge in [-0.15, -0.1) is 0 Å². The molecule has 1 aliphatic heterocycles. The number of imidazole rings is 1. The van der Waals surface area contributed by atoms with Crippen LogP contribution >= 0.6 is 0 Å². The lowest BCUT2D eigenvalue weighted by molar-refractivity contribution is -0.284. The van der Waals surface area contributed by atoms with Gasteiger partial charge in [0.1, 0.15) is 28.6 Å². The number of nitrogens with one attached hydrogen (secondary N) is 2. The highest BCUT2D eigenvalue weighted by Gasteiger charge is 2.56. The van der Waals surface area contributed by atoms with Crippen LogP contribution in [0.1, 0.15) is 43.1 Å². The Hall–Kier alpha value is -4.30. The topological polar surface area (TPSA) is 110 Å². The van der Waals surface area contributed by atoms with Crippen LogP contribution in [-0.2, 0) is 16.6 Å². The molecule has 15 heteroatoms. The summed E-state index contributed by atoms with van der Waals surface area (Å²) < 4.78 is 80.7. The Morgan fingerprint density at radius 2 is 1.90 bits per heavy atom. The Labute approximate surface area is 222 Å². The number of hydrogen-bond donors (Lipinski definition) is 2. The summed E-state index contributed by atoms with van der Waals surface area (Å²) in [6.07, 6.45) is -0.906. The molecule has 208 valence electrons. The maximum Gasteiger partial charge on any atom is 0.453 e. The third-order valence-corrected chi connectivity index (χ3v) is 7.02. The van der Waals surface area contributed by atoms with Crippen LogP contribution in [-0.4, -0.2) is 53.4 Å². The van der Waals surface area contributed by atoms with Crippen molar-refractivity contribution in [1.82, 2.24) is 29.3 Å². The van der Waals surface area contributed by atoms with E-state index in [0.717, 1.165) is 19.0 Å². The molecule has 1 saturated carbocycles. The van der Waals surface area contributed by atoms with Gasteiger partial charge in [0, 0.05) is 31.1 Å². The van der Waals surface area contributed by atoms with E-state index in [0.29, 0.717) is 11.4 Å². The number of carbonyl (C=O) groups excluding carboxylic acids is 1. The minimum Gasteiger partial charge on any atom is -0.367 e. The molecule has 9 nitrogen and oxygen atoms in total. The van der Waals surface area contributed by atoms with Gasteiger partial charge >= 0.3 is 12.1 Å². The molecule has 1 aliphatic carbocycles. The summed E-state index contributed by atoms with van der Waals surface area (Å²) in [5, 5.41) is 5.99. The molecule has 0 bridgehead atoms. The van der Waals surface area contributed by atoms with Crippen LogP contribution in [0.5, 0.6) is 0 Å². The fourth-order valence-electron chi connectivity index (χ4n) is 4.62. The summed E-state index contributed by atoms with van der Waals surface area (Å²) >= 11 is 0. The standard InChI is InChI=1S/C25H20F6N8O/c1-23(16-5-2-12(26)10-33-16)17-19(34-13-3-4-13)36-18(37-20(17)38-22(23)40)15-11-39-9-8-32-21(39)14(35-15)6-7-24(27,28)25(29,30)31/h2,5,8-11,13H,3-4,6-7H2,1H3,(H2,34,36,37,38,40). The highest BCUT2D eigenvalue weighted by Crippen LogP contribution is 2.46. The summed E-state index contributed by atoms with van der Waals surface area (Å²) in [5.74, 6) is -5.52. The predicted octanol–water partition coefficient (Wildman–Crippen LogP) is 4.68. The van der Waals surface area contributed by atoms with Crippen molar-refractivity contribution in [2.75, 3.05) is 10.6 Å². The normalized spacial score (nSPS) is 19.1. The molecule has 4 aromatic heterocycles. The SMILES string of the molecule is CC1(c2ccc(F)cn2)C(=O)Nc2nc(-c3cn4ccnc4c(CCC(F)(F)C(F)(F)F)n3)nc(NC3CC3)c21. The third-order valence-electron chi connectivity index (χ3n) is 7.02. The molecule has 4 aromatic rings. The summed E-state index contributed by atoms with van der Waals surface area (Å²) in [6.45, 7) is 1.62. The number of anilines is 2. The number of pyridine rings is 1. The van der Waals surface area contributed by atoms with Crippen LogP contribution in [0.4, 0.5) is 38.0 Å². The largest absolute Gasteiger partial charge is 0.453 e. The van der Waals surface area contributed by atoms with Crippen molar-refractivity contribution in [1.29, 1.82) is 0 Å². The van der Waals surface area contributed by atoms with E-state index in [1.165, 1.54) is 35.1 Å². The lowest BCUT2D eigenvalue weighted by atomic mass is 9.80. The number of fused-ring (bicyclic) bond motifs is 2. The van der Waals surface area contributed by atoms with Gasteiger partial charge in [-0.3, -0.25) is 9.78 Å². The van der Waals surface area contributed by atoms with E-state index >= 15 is 0 Å². The maximum atomic E-state index is 13.7. The summed E-state index contributed by atoms with van der Waals surface area (Å²) in [4.78, 5) is 34.8. The molecule has 0 spiro atoms. The number of carbonyl (C=O) groups is 1. The summed E-state index contributed by atoms with van der Waals surface area (Å²) in [6, 6.07) is 2.67. The Balaban J connectivity index is 1.45. The number of rotatable bonds is 7. The average Bonchev–Trinajstić information content (AvgIpc) is 3.50. The number of nitrogens with zero attached hydrogens (tertiary/aromatic N) is 6. The molecule has 1 amide bonds. The fourth-order valence-corrected chi connectivity index (χ4v) is 4.62. The first kappa shape index (κ1) is 26.0. The number of halogens is 6. The second-order valence-corrected chi connectivity index (χ2v) is 9.91. The van der Waals surface area contributed by atoms with Crippen LogP contribution in [0.25, 0.3) is 17.2 Å². The summed E-state index contributed by atoms with van der Waals surface area (Å²) in [7, 11) is 0. The van der Waals surface area contributed by atoms with Crippen LogP contribution in [0.2, 0.25) is 0 Å². The molecule has 1 unspecified atom stereocenters. The minimum absolute atomic E-state index is 0.00190. The van der Waals surface area contributed by atoms with Gasteiger partial charge in [-0.05, 0) is 38.3 Å². The molecular weight excluding hydrogens is 542 g/mol. The van der Waals surface area contributed by atoms with Gasteiger partial charge in [0.25, 0.3) is 0 Å². The average molecular weight is 562 g/mol. The van der Waals surface area contributed by atoms with Gasteiger partial charge in [-0.2, -0.15) is 22.0 Å². The fraction of sp³-hybridized carbons (Fsp3) is 0.360. The molecule has 0 saturated heterocycles. The highest BCUT2D eigenvalue weighted by molar-refractivity contribution is 6.09. The molecule has 1 fully saturated rings.